The summed E-state index contributed by atoms with van der Waals surface area (Å²) in [5, 5.41) is 16.2. The van der Waals surface area contributed by atoms with Gasteiger partial charge in [0, 0.05) is 24.8 Å². The highest BCUT2D eigenvalue weighted by atomic mass is 35.5. The topological polar surface area (TPSA) is 70.1 Å². The van der Waals surface area contributed by atoms with Crippen molar-refractivity contribution in [1.29, 1.82) is 0 Å². The summed E-state index contributed by atoms with van der Waals surface area (Å²) in [6.07, 6.45) is 0.613. The van der Waals surface area contributed by atoms with Gasteiger partial charge >= 0.3 is 0 Å². The lowest BCUT2D eigenvalue weighted by Gasteiger charge is -2.12. The molecular weight excluding hydrogens is 371 g/mol. The van der Waals surface area contributed by atoms with Gasteiger partial charge < -0.3 is 15.7 Å². The first-order valence-corrected chi connectivity index (χ1v) is 8.93. The fourth-order valence-electron chi connectivity index (χ4n) is 2.36. The average molecular weight is 389 g/mol. The zero-order valence-corrected chi connectivity index (χ0v) is 15.4. The largest absolute Gasteiger partial charge is 0.396 e. The molecule has 0 aliphatic heterocycles. The first-order valence-electron chi connectivity index (χ1n) is 8.17. The van der Waals surface area contributed by atoms with Crippen LogP contribution in [0.5, 0.6) is 0 Å². The smallest absolute Gasteiger partial charge is 0.225 e. The molecule has 0 atom stereocenters. The Bertz CT molecular complexity index is 875. The lowest BCUT2D eigenvalue weighted by Crippen LogP contribution is -2.08. The van der Waals surface area contributed by atoms with Crippen molar-refractivity contribution in [2.75, 3.05) is 23.8 Å². The van der Waals surface area contributed by atoms with Crippen molar-refractivity contribution in [3.05, 3.63) is 64.6 Å². The third-order valence-corrected chi connectivity index (χ3v) is 4.45. The molecule has 5 nitrogen and oxygen atoms in total. The van der Waals surface area contributed by atoms with Crippen LogP contribution >= 0.6 is 23.2 Å². The number of rotatable bonds is 7. The number of hydrogen-bond donors (Lipinski definition) is 3. The minimum Gasteiger partial charge on any atom is -0.396 e. The van der Waals surface area contributed by atoms with Gasteiger partial charge in [0.2, 0.25) is 5.95 Å². The van der Waals surface area contributed by atoms with Gasteiger partial charge in [0.1, 0.15) is 5.82 Å². The van der Waals surface area contributed by atoms with E-state index in [4.69, 9.17) is 28.3 Å². The molecule has 0 saturated carbocycles. The number of aliphatic hydroxyl groups excluding tert-OH is 1. The molecule has 0 unspecified atom stereocenters. The van der Waals surface area contributed by atoms with Crippen LogP contribution in [-0.4, -0.2) is 28.2 Å². The average Bonchev–Trinajstić information content (AvgIpc) is 2.66. The molecule has 0 amide bonds. The molecule has 1 aromatic heterocycles. The Hall–Kier alpha value is -2.34. The number of benzene rings is 2. The van der Waals surface area contributed by atoms with Crippen LogP contribution < -0.4 is 10.6 Å². The molecule has 3 aromatic rings. The molecule has 26 heavy (non-hydrogen) atoms. The summed E-state index contributed by atoms with van der Waals surface area (Å²) in [5.74, 6) is 1.06. The van der Waals surface area contributed by atoms with Gasteiger partial charge in [-0.3, -0.25) is 0 Å². The van der Waals surface area contributed by atoms with Gasteiger partial charge in [0.05, 0.1) is 21.4 Å². The van der Waals surface area contributed by atoms with Crippen LogP contribution in [0.25, 0.3) is 11.3 Å². The van der Waals surface area contributed by atoms with Crippen molar-refractivity contribution < 1.29 is 5.11 Å². The molecule has 0 spiro atoms. The molecule has 0 saturated heterocycles. The first-order chi connectivity index (χ1) is 12.7. The minimum atomic E-state index is 0.106. The maximum Gasteiger partial charge on any atom is 0.225 e. The SMILES string of the molecule is OCCCNc1nc(Nc2cccc(Cl)c2Cl)cc(-c2ccccc2)n1. The maximum atomic E-state index is 8.96. The lowest BCUT2D eigenvalue weighted by molar-refractivity contribution is 0.292. The Morgan fingerprint density at radius 2 is 1.77 bits per heavy atom. The number of nitrogens with one attached hydrogen (secondary N) is 2. The van der Waals surface area contributed by atoms with Crippen molar-refractivity contribution in [2.24, 2.45) is 0 Å². The van der Waals surface area contributed by atoms with Gasteiger partial charge in [-0.25, -0.2) is 4.98 Å². The van der Waals surface area contributed by atoms with Gasteiger partial charge in [-0.2, -0.15) is 4.98 Å². The van der Waals surface area contributed by atoms with Crippen LogP contribution in [0, 0.1) is 0 Å². The summed E-state index contributed by atoms with van der Waals surface area (Å²) in [4.78, 5) is 9.03. The Morgan fingerprint density at radius 3 is 2.54 bits per heavy atom. The van der Waals surface area contributed by atoms with E-state index in [-0.39, 0.29) is 6.61 Å². The third-order valence-electron chi connectivity index (χ3n) is 3.63. The van der Waals surface area contributed by atoms with Crippen molar-refractivity contribution in [3.63, 3.8) is 0 Å². The monoisotopic (exact) mass is 388 g/mol. The van der Waals surface area contributed by atoms with E-state index < -0.39 is 0 Å². The van der Waals surface area contributed by atoms with Gasteiger partial charge in [0.25, 0.3) is 0 Å². The third kappa shape index (κ3) is 4.64. The molecule has 3 N–H and O–H groups in total. The van der Waals surface area contributed by atoms with E-state index in [0.29, 0.717) is 40.5 Å². The molecule has 3 rings (SSSR count). The van der Waals surface area contributed by atoms with E-state index in [1.807, 2.05) is 48.5 Å². The predicted octanol–water partition coefficient (Wildman–Crippen LogP) is 4.99. The van der Waals surface area contributed by atoms with E-state index in [1.54, 1.807) is 6.07 Å². The highest BCUT2D eigenvalue weighted by molar-refractivity contribution is 6.43. The molecule has 0 aliphatic rings. The van der Waals surface area contributed by atoms with Gasteiger partial charge in [-0.15, -0.1) is 0 Å². The molecule has 0 fully saturated rings. The van der Waals surface area contributed by atoms with Crippen LogP contribution in [0.2, 0.25) is 10.0 Å². The normalized spacial score (nSPS) is 10.6. The summed E-state index contributed by atoms with van der Waals surface area (Å²) < 4.78 is 0. The second-order valence-corrected chi connectivity index (χ2v) is 6.34. The van der Waals surface area contributed by atoms with Crippen LogP contribution in [0.4, 0.5) is 17.5 Å². The molecule has 1 heterocycles. The van der Waals surface area contributed by atoms with Gasteiger partial charge in [-0.1, -0.05) is 59.6 Å². The van der Waals surface area contributed by atoms with E-state index in [2.05, 4.69) is 20.6 Å². The summed E-state index contributed by atoms with van der Waals surface area (Å²) >= 11 is 12.3. The molecule has 7 heteroatoms. The van der Waals surface area contributed by atoms with Crippen molar-refractivity contribution >= 4 is 40.7 Å². The first kappa shape index (κ1) is 18.5. The number of aromatic nitrogens is 2. The fraction of sp³-hybridized carbons (Fsp3) is 0.158. The Morgan fingerprint density at radius 1 is 0.962 bits per heavy atom. The number of aliphatic hydroxyl groups is 1. The standard InChI is InChI=1S/C19H18Cl2N4O/c20-14-8-4-9-15(18(14)21)23-17-12-16(13-6-2-1-3-7-13)24-19(25-17)22-10-5-11-26/h1-4,6-9,12,26H,5,10-11H2,(H2,22,23,24,25). The molecule has 134 valence electrons. The minimum absolute atomic E-state index is 0.106. The van der Waals surface area contributed by atoms with E-state index in [0.717, 1.165) is 11.3 Å². The Kier molecular flexibility index (Phi) is 6.28. The second-order valence-electron chi connectivity index (χ2n) is 5.56. The number of anilines is 3. The zero-order chi connectivity index (χ0) is 18.4. The van der Waals surface area contributed by atoms with Crippen LogP contribution in [0.15, 0.2) is 54.6 Å². The number of nitrogens with zero attached hydrogens (tertiary/aromatic N) is 2. The zero-order valence-electron chi connectivity index (χ0n) is 13.9. The van der Waals surface area contributed by atoms with Crippen LogP contribution in [-0.2, 0) is 0 Å². The summed E-state index contributed by atoms with van der Waals surface area (Å²) in [7, 11) is 0. The highest BCUT2D eigenvalue weighted by Gasteiger charge is 2.10. The fourth-order valence-corrected chi connectivity index (χ4v) is 2.71. The predicted molar refractivity (Wildman–Crippen MR) is 107 cm³/mol. The lowest BCUT2D eigenvalue weighted by atomic mass is 10.1. The summed E-state index contributed by atoms with van der Waals surface area (Å²) in [5.41, 5.74) is 2.41. The Balaban J connectivity index is 1.95. The molecular formula is C19H18Cl2N4O. The summed E-state index contributed by atoms with van der Waals surface area (Å²) in [6, 6.07) is 17.1. The van der Waals surface area contributed by atoms with Crippen LogP contribution in [0.1, 0.15) is 6.42 Å². The molecule has 0 radical (unpaired) electrons. The van der Waals surface area contributed by atoms with E-state index in [9.17, 15) is 0 Å². The van der Waals surface area contributed by atoms with E-state index in [1.165, 1.54) is 0 Å². The molecule has 0 bridgehead atoms. The van der Waals surface area contributed by atoms with Crippen LogP contribution in [0.3, 0.4) is 0 Å². The Labute approximate surface area is 162 Å². The van der Waals surface area contributed by atoms with Crippen molar-refractivity contribution in [3.8, 4) is 11.3 Å². The maximum absolute atomic E-state index is 8.96. The van der Waals surface area contributed by atoms with Gasteiger partial charge in [0.15, 0.2) is 0 Å². The number of hydrogen-bond acceptors (Lipinski definition) is 5. The molecule has 0 aliphatic carbocycles. The summed E-state index contributed by atoms with van der Waals surface area (Å²) in [6.45, 7) is 0.681. The highest BCUT2D eigenvalue weighted by Crippen LogP contribution is 2.32. The number of halogens is 2. The van der Waals surface area contributed by atoms with Crippen molar-refractivity contribution in [2.45, 2.75) is 6.42 Å². The second kappa shape index (κ2) is 8.85. The molecule has 2 aromatic carbocycles. The van der Waals surface area contributed by atoms with Gasteiger partial charge in [-0.05, 0) is 18.6 Å². The van der Waals surface area contributed by atoms with Crippen molar-refractivity contribution in [1.82, 2.24) is 9.97 Å². The van der Waals surface area contributed by atoms with E-state index >= 15 is 0 Å². The quantitative estimate of drug-likeness (QED) is 0.497.